The zero-order chi connectivity index (χ0) is 18.5. The summed E-state index contributed by atoms with van der Waals surface area (Å²) in [5, 5.41) is 0.705. The van der Waals surface area contributed by atoms with Gasteiger partial charge in [-0.25, -0.2) is 0 Å². The Hall–Kier alpha value is -2.08. The lowest BCUT2D eigenvalue weighted by molar-refractivity contribution is -0.121. The molecule has 1 fully saturated rings. The van der Waals surface area contributed by atoms with E-state index in [0.29, 0.717) is 27.4 Å². The maximum Gasteiger partial charge on any atom is 0.266 e. The minimum absolute atomic E-state index is 0.0806. The Morgan fingerprint density at radius 1 is 1.15 bits per heavy atom. The third-order valence-corrected chi connectivity index (χ3v) is 5.31. The Balaban J connectivity index is 1.64. The van der Waals surface area contributed by atoms with Gasteiger partial charge < -0.3 is 4.74 Å². The van der Waals surface area contributed by atoms with Gasteiger partial charge in [-0.05, 0) is 41.5 Å². The van der Waals surface area contributed by atoms with Crippen molar-refractivity contribution in [2.75, 3.05) is 6.54 Å². The fourth-order valence-corrected chi connectivity index (χ4v) is 3.75. The van der Waals surface area contributed by atoms with Crippen molar-refractivity contribution in [3.63, 3.8) is 0 Å². The van der Waals surface area contributed by atoms with Crippen LogP contribution in [0.1, 0.15) is 11.1 Å². The predicted octanol–water partition coefficient (Wildman–Crippen LogP) is 5.31. The van der Waals surface area contributed by atoms with Gasteiger partial charge in [0.05, 0.1) is 4.91 Å². The average Bonchev–Trinajstić information content (AvgIpc) is 2.90. The van der Waals surface area contributed by atoms with Gasteiger partial charge in [0, 0.05) is 11.6 Å². The minimum Gasteiger partial charge on any atom is -0.489 e. The van der Waals surface area contributed by atoms with Gasteiger partial charge in [0.25, 0.3) is 5.91 Å². The first kappa shape index (κ1) is 18.7. The van der Waals surface area contributed by atoms with Crippen molar-refractivity contribution in [1.82, 2.24) is 4.90 Å². The van der Waals surface area contributed by atoms with Gasteiger partial charge in [0.2, 0.25) is 0 Å². The standard InChI is InChI=1S/C20H16ClNO2S2/c1-2-11-22-19(23)18(26-20(22)25)12-14-5-9-17(10-6-14)24-13-15-3-7-16(21)8-4-15/h2-10,12H,1,11,13H2/b18-12+. The van der Waals surface area contributed by atoms with Gasteiger partial charge >= 0.3 is 0 Å². The van der Waals surface area contributed by atoms with Crippen LogP contribution in [0.3, 0.4) is 0 Å². The summed E-state index contributed by atoms with van der Waals surface area (Å²) in [6, 6.07) is 15.1. The first-order chi connectivity index (χ1) is 12.6. The molecule has 3 rings (SSSR count). The lowest BCUT2D eigenvalue weighted by Crippen LogP contribution is -2.27. The van der Waals surface area contributed by atoms with Crippen molar-refractivity contribution < 1.29 is 9.53 Å². The third-order valence-electron chi connectivity index (χ3n) is 3.68. The highest BCUT2D eigenvalue weighted by molar-refractivity contribution is 8.26. The second-order valence-electron chi connectivity index (χ2n) is 5.57. The van der Waals surface area contributed by atoms with Crippen LogP contribution in [0.4, 0.5) is 0 Å². The number of nitrogens with zero attached hydrogens (tertiary/aromatic N) is 1. The highest BCUT2D eigenvalue weighted by Gasteiger charge is 2.30. The number of ether oxygens (including phenoxy) is 1. The van der Waals surface area contributed by atoms with Crippen LogP contribution in [0.5, 0.6) is 5.75 Å². The van der Waals surface area contributed by atoms with E-state index >= 15 is 0 Å². The van der Waals surface area contributed by atoms with Gasteiger partial charge in [-0.1, -0.05) is 65.9 Å². The molecule has 0 aromatic heterocycles. The summed E-state index contributed by atoms with van der Waals surface area (Å²) in [6.45, 7) is 4.55. The molecule has 0 saturated carbocycles. The molecule has 2 aromatic carbocycles. The molecule has 1 amide bonds. The zero-order valence-electron chi connectivity index (χ0n) is 13.9. The van der Waals surface area contributed by atoms with E-state index in [1.54, 1.807) is 11.0 Å². The quantitative estimate of drug-likeness (QED) is 0.373. The topological polar surface area (TPSA) is 29.5 Å². The van der Waals surface area contributed by atoms with Crippen LogP contribution in [0, 0.1) is 0 Å². The first-order valence-corrected chi connectivity index (χ1v) is 9.50. The van der Waals surface area contributed by atoms with Gasteiger partial charge in [-0.3, -0.25) is 9.69 Å². The summed E-state index contributed by atoms with van der Waals surface area (Å²) in [7, 11) is 0. The predicted molar refractivity (Wildman–Crippen MR) is 112 cm³/mol. The maximum atomic E-state index is 12.3. The molecule has 0 aliphatic carbocycles. The molecule has 132 valence electrons. The molecule has 2 aromatic rings. The number of thiocarbonyl (C=S) groups is 1. The second kappa shape index (κ2) is 8.54. The summed E-state index contributed by atoms with van der Waals surface area (Å²) in [4.78, 5) is 14.5. The molecule has 1 heterocycles. The van der Waals surface area contributed by atoms with Crippen molar-refractivity contribution >= 4 is 51.9 Å². The normalized spacial score (nSPS) is 15.6. The van der Waals surface area contributed by atoms with E-state index in [1.807, 2.05) is 54.6 Å². The van der Waals surface area contributed by atoms with E-state index in [2.05, 4.69) is 6.58 Å². The van der Waals surface area contributed by atoms with Crippen LogP contribution in [0.25, 0.3) is 6.08 Å². The van der Waals surface area contributed by atoms with E-state index in [1.165, 1.54) is 11.8 Å². The zero-order valence-corrected chi connectivity index (χ0v) is 16.2. The van der Waals surface area contributed by atoms with Gasteiger partial charge in [-0.15, -0.1) is 6.58 Å². The van der Waals surface area contributed by atoms with Crippen molar-refractivity contribution in [3.05, 3.63) is 82.2 Å². The molecular formula is C20H16ClNO2S2. The van der Waals surface area contributed by atoms with Gasteiger partial charge in [-0.2, -0.15) is 0 Å². The number of hydrogen-bond acceptors (Lipinski definition) is 4. The number of hydrogen-bond donors (Lipinski definition) is 0. The fourth-order valence-electron chi connectivity index (χ4n) is 2.35. The van der Waals surface area contributed by atoms with Gasteiger partial charge in [0.1, 0.15) is 16.7 Å². The molecule has 0 unspecified atom stereocenters. The highest BCUT2D eigenvalue weighted by Crippen LogP contribution is 2.32. The number of amides is 1. The monoisotopic (exact) mass is 401 g/mol. The van der Waals surface area contributed by atoms with E-state index in [4.69, 9.17) is 28.6 Å². The molecule has 3 nitrogen and oxygen atoms in total. The molecule has 0 atom stereocenters. The Kier molecular flexibility index (Phi) is 6.14. The number of thioether (sulfide) groups is 1. The summed E-state index contributed by atoms with van der Waals surface area (Å²) in [6.07, 6.45) is 3.51. The average molecular weight is 402 g/mol. The Bertz CT molecular complexity index is 860. The summed E-state index contributed by atoms with van der Waals surface area (Å²) < 4.78 is 6.33. The molecule has 1 aliphatic heterocycles. The molecule has 0 bridgehead atoms. The second-order valence-corrected chi connectivity index (χ2v) is 7.68. The molecule has 0 spiro atoms. The van der Waals surface area contributed by atoms with Crippen molar-refractivity contribution in [1.29, 1.82) is 0 Å². The largest absolute Gasteiger partial charge is 0.489 e. The molecule has 0 N–H and O–H groups in total. The van der Waals surface area contributed by atoms with E-state index in [-0.39, 0.29) is 5.91 Å². The van der Waals surface area contributed by atoms with Crippen LogP contribution < -0.4 is 4.74 Å². The number of carbonyl (C=O) groups is 1. The van der Waals surface area contributed by atoms with Crippen molar-refractivity contribution in [2.24, 2.45) is 0 Å². The third kappa shape index (κ3) is 4.55. The Labute approximate surface area is 167 Å². The van der Waals surface area contributed by atoms with E-state index < -0.39 is 0 Å². The summed E-state index contributed by atoms with van der Waals surface area (Å²) in [5.74, 6) is 0.680. The SMILES string of the molecule is C=CCN1C(=O)/C(=C\c2ccc(OCc3ccc(Cl)cc3)cc2)SC1=S. The minimum atomic E-state index is -0.0806. The molecule has 0 radical (unpaired) electrons. The summed E-state index contributed by atoms with van der Waals surface area (Å²) >= 11 is 12.4. The molecule has 1 saturated heterocycles. The molecule has 1 aliphatic rings. The first-order valence-electron chi connectivity index (χ1n) is 7.90. The smallest absolute Gasteiger partial charge is 0.266 e. The Morgan fingerprint density at radius 3 is 2.50 bits per heavy atom. The van der Waals surface area contributed by atoms with E-state index in [0.717, 1.165) is 16.9 Å². The number of carbonyl (C=O) groups excluding carboxylic acids is 1. The van der Waals surface area contributed by atoms with Crippen molar-refractivity contribution in [2.45, 2.75) is 6.61 Å². The number of rotatable bonds is 6. The maximum absolute atomic E-state index is 12.3. The van der Waals surface area contributed by atoms with E-state index in [9.17, 15) is 4.79 Å². The summed E-state index contributed by atoms with van der Waals surface area (Å²) in [5.41, 5.74) is 1.97. The van der Waals surface area contributed by atoms with Gasteiger partial charge in [0.15, 0.2) is 0 Å². The highest BCUT2D eigenvalue weighted by atomic mass is 35.5. The Morgan fingerprint density at radius 2 is 1.85 bits per heavy atom. The molecular weight excluding hydrogens is 386 g/mol. The molecule has 6 heteroatoms. The van der Waals surface area contributed by atoms with Crippen LogP contribution in [-0.4, -0.2) is 21.7 Å². The van der Waals surface area contributed by atoms with Crippen LogP contribution in [0.2, 0.25) is 5.02 Å². The number of halogens is 1. The lowest BCUT2D eigenvalue weighted by Gasteiger charge is -2.10. The molecule has 26 heavy (non-hydrogen) atoms. The fraction of sp³-hybridized carbons (Fsp3) is 0.100. The van der Waals surface area contributed by atoms with Crippen LogP contribution in [0.15, 0.2) is 66.1 Å². The van der Waals surface area contributed by atoms with Crippen LogP contribution >= 0.6 is 35.6 Å². The lowest BCUT2D eigenvalue weighted by atomic mass is 10.2. The van der Waals surface area contributed by atoms with Crippen molar-refractivity contribution in [3.8, 4) is 5.75 Å². The van der Waals surface area contributed by atoms with Crippen LogP contribution in [-0.2, 0) is 11.4 Å². The number of benzene rings is 2.